The molecule has 0 saturated carbocycles. The number of nitrogens with two attached hydrogens (primary N) is 1. The van der Waals surface area contributed by atoms with Crippen molar-refractivity contribution in [1.82, 2.24) is 14.9 Å². The summed E-state index contributed by atoms with van der Waals surface area (Å²) in [7, 11) is 5.96. The van der Waals surface area contributed by atoms with E-state index in [1.807, 2.05) is 32.2 Å². The molecule has 1 aromatic heterocycles. The molecule has 0 spiro atoms. The predicted molar refractivity (Wildman–Crippen MR) is 72.3 cm³/mol. The Hall–Kier alpha value is -1.56. The number of nitrogens with zero attached hydrogens (tertiary/aromatic N) is 3. The van der Waals surface area contributed by atoms with Crippen LogP contribution in [0.3, 0.4) is 0 Å². The normalized spacial score (nSPS) is 10.6. The lowest BCUT2D eigenvalue weighted by Gasteiger charge is -2.12. The molecule has 0 radical (unpaired) electrons. The van der Waals surface area contributed by atoms with Gasteiger partial charge < -0.3 is 20.5 Å². The average Bonchev–Trinajstić information content (AvgIpc) is 2.65. The third-order valence-electron chi connectivity index (χ3n) is 2.79. The van der Waals surface area contributed by atoms with Gasteiger partial charge in [-0.1, -0.05) is 0 Å². The fourth-order valence-corrected chi connectivity index (χ4v) is 1.78. The van der Waals surface area contributed by atoms with Crippen molar-refractivity contribution in [3.05, 3.63) is 11.9 Å². The van der Waals surface area contributed by atoms with Crippen LogP contribution in [0.25, 0.3) is 0 Å². The Bertz CT molecular complexity index is 386. The SMILES string of the molecule is CN(C)c1ncc(CNCCCCC(N)=O)n1C. The van der Waals surface area contributed by atoms with E-state index in [1.165, 1.54) is 0 Å². The van der Waals surface area contributed by atoms with Gasteiger partial charge in [0.05, 0.1) is 11.9 Å². The van der Waals surface area contributed by atoms with Gasteiger partial charge >= 0.3 is 0 Å². The summed E-state index contributed by atoms with van der Waals surface area (Å²) in [6, 6.07) is 0. The van der Waals surface area contributed by atoms with Crippen molar-refractivity contribution < 1.29 is 4.79 Å². The van der Waals surface area contributed by atoms with Crippen LogP contribution in [0.15, 0.2) is 6.20 Å². The summed E-state index contributed by atoms with van der Waals surface area (Å²) < 4.78 is 2.07. The van der Waals surface area contributed by atoms with Crippen molar-refractivity contribution >= 4 is 11.9 Å². The molecule has 0 saturated heterocycles. The van der Waals surface area contributed by atoms with E-state index in [0.717, 1.165) is 37.6 Å². The van der Waals surface area contributed by atoms with E-state index in [-0.39, 0.29) is 5.91 Å². The quantitative estimate of drug-likeness (QED) is 0.650. The molecular weight excluding hydrogens is 230 g/mol. The first-order chi connectivity index (χ1) is 8.52. The van der Waals surface area contributed by atoms with Crippen LogP contribution in [-0.4, -0.2) is 36.1 Å². The van der Waals surface area contributed by atoms with Gasteiger partial charge in [-0.2, -0.15) is 0 Å². The Morgan fingerprint density at radius 3 is 2.78 bits per heavy atom. The van der Waals surface area contributed by atoms with Crippen molar-refractivity contribution in [2.24, 2.45) is 12.8 Å². The van der Waals surface area contributed by atoms with Crippen LogP contribution in [0, 0.1) is 0 Å². The van der Waals surface area contributed by atoms with E-state index in [9.17, 15) is 4.79 Å². The third-order valence-corrected chi connectivity index (χ3v) is 2.79. The number of imidazole rings is 1. The lowest BCUT2D eigenvalue weighted by molar-refractivity contribution is -0.118. The maximum Gasteiger partial charge on any atom is 0.217 e. The lowest BCUT2D eigenvalue weighted by Crippen LogP contribution is -2.19. The van der Waals surface area contributed by atoms with Crippen LogP contribution < -0.4 is 16.0 Å². The number of amides is 1. The number of anilines is 1. The number of primary amides is 1. The van der Waals surface area contributed by atoms with E-state index in [0.29, 0.717) is 6.42 Å². The molecule has 0 fully saturated rings. The average molecular weight is 253 g/mol. The first-order valence-electron chi connectivity index (χ1n) is 6.19. The molecule has 18 heavy (non-hydrogen) atoms. The minimum Gasteiger partial charge on any atom is -0.370 e. The van der Waals surface area contributed by atoms with Gasteiger partial charge in [0.25, 0.3) is 0 Å². The zero-order chi connectivity index (χ0) is 13.5. The summed E-state index contributed by atoms with van der Waals surface area (Å²) in [6.45, 7) is 1.67. The van der Waals surface area contributed by atoms with E-state index in [1.54, 1.807) is 0 Å². The van der Waals surface area contributed by atoms with Crippen molar-refractivity contribution in [2.45, 2.75) is 25.8 Å². The predicted octanol–water partition coefficient (Wildman–Crippen LogP) is 0.231. The summed E-state index contributed by atoms with van der Waals surface area (Å²) in [4.78, 5) is 16.9. The Kier molecular flexibility index (Phi) is 5.64. The minimum atomic E-state index is -0.225. The second kappa shape index (κ2) is 7.00. The Labute approximate surface area is 108 Å². The first-order valence-corrected chi connectivity index (χ1v) is 6.19. The van der Waals surface area contributed by atoms with E-state index < -0.39 is 0 Å². The maximum atomic E-state index is 10.6. The topological polar surface area (TPSA) is 76.2 Å². The number of hydrogen-bond acceptors (Lipinski definition) is 4. The molecule has 102 valence electrons. The van der Waals surface area contributed by atoms with E-state index in [2.05, 4.69) is 14.9 Å². The monoisotopic (exact) mass is 253 g/mol. The molecule has 0 unspecified atom stereocenters. The van der Waals surface area contributed by atoms with E-state index >= 15 is 0 Å². The number of aromatic nitrogens is 2. The number of carbonyl (C=O) groups is 1. The molecule has 1 aromatic rings. The van der Waals surface area contributed by atoms with Crippen LogP contribution in [0.2, 0.25) is 0 Å². The van der Waals surface area contributed by atoms with Gasteiger partial charge in [0, 0.05) is 34.1 Å². The largest absolute Gasteiger partial charge is 0.370 e. The molecule has 1 heterocycles. The van der Waals surface area contributed by atoms with Crippen LogP contribution in [0.1, 0.15) is 25.0 Å². The molecule has 6 nitrogen and oxygen atoms in total. The zero-order valence-electron chi connectivity index (χ0n) is 11.4. The fraction of sp³-hybridized carbons (Fsp3) is 0.667. The molecule has 3 N–H and O–H groups in total. The van der Waals surface area contributed by atoms with Gasteiger partial charge in [-0.3, -0.25) is 4.79 Å². The number of nitrogens with one attached hydrogen (secondary N) is 1. The van der Waals surface area contributed by atoms with Gasteiger partial charge in [-0.05, 0) is 19.4 Å². The molecule has 1 rings (SSSR count). The highest BCUT2D eigenvalue weighted by Gasteiger charge is 2.06. The van der Waals surface area contributed by atoms with Gasteiger partial charge in [0.15, 0.2) is 0 Å². The highest BCUT2D eigenvalue weighted by atomic mass is 16.1. The Morgan fingerprint density at radius 1 is 1.50 bits per heavy atom. The van der Waals surface area contributed by atoms with Gasteiger partial charge in [0.1, 0.15) is 0 Å². The van der Waals surface area contributed by atoms with Crippen LogP contribution >= 0.6 is 0 Å². The number of unbranched alkanes of at least 4 members (excludes halogenated alkanes) is 1. The molecule has 0 atom stereocenters. The third kappa shape index (κ3) is 4.37. The highest BCUT2D eigenvalue weighted by molar-refractivity contribution is 5.73. The van der Waals surface area contributed by atoms with Crippen LogP contribution in [0.5, 0.6) is 0 Å². The molecule has 1 amide bonds. The van der Waals surface area contributed by atoms with Crippen LogP contribution in [-0.2, 0) is 18.4 Å². The molecule has 0 aliphatic carbocycles. The molecule has 6 heteroatoms. The Morgan fingerprint density at radius 2 is 2.22 bits per heavy atom. The fourth-order valence-electron chi connectivity index (χ4n) is 1.78. The number of carbonyl (C=O) groups excluding carboxylic acids is 1. The smallest absolute Gasteiger partial charge is 0.217 e. The number of rotatable bonds is 8. The lowest BCUT2D eigenvalue weighted by atomic mass is 10.2. The molecule has 0 aromatic carbocycles. The molecule has 0 aliphatic heterocycles. The highest BCUT2D eigenvalue weighted by Crippen LogP contribution is 2.10. The maximum absolute atomic E-state index is 10.6. The summed E-state index contributed by atoms with van der Waals surface area (Å²) >= 11 is 0. The molecular formula is C12H23N5O. The molecule has 0 aliphatic rings. The van der Waals surface area contributed by atoms with Crippen molar-refractivity contribution in [3.8, 4) is 0 Å². The molecule has 0 bridgehead atoms. The Balaban J connectivity index is 2.25. The van der Waals surface area contributed by atoms with E-state index in [4.69, 9.17) is 5.73 Å². The van der Waals surface area contributed by atoms with Crippen molar-refractivity contribution in [1.29, 1.82) is 0 Å². The zero-order valence-corrected chi connectivity index (χ0v) is 11.4. The van der Waals surface area contributed by atoms with Gasteiger partial charge in [-0.15, -0.1) is 0 Å². The first kappa shape index (κ1) is 14.5. The second-order valence-electron chi connectivity index (χ2n) is 4.60. The van der Waals surface area contributed by atoms with Crippen molar-refractivity contribution in [3.63, 3.8) is 0 Å². The second-order valence-corrected chi connectivity index (χ2v) is 4.60. The standard InChI is InChI=1S/C12H23N5O/c1-16(2)12-15-9-10(17(12)3)8-14-7-5-4-6-11(13)18/h9,14H,4-8H2,1-3H3,(H2,13,18). The number of hydrogen-bond donors (Lipinski definition) is 2. The van der Waals surface area contributed by atoms with Crippen molar-refractivity contribution in [2.75, 3.05) is 25.5 Å². The summed E-state index contributed by atoms with van der Waals surface area (Å²) in [5.74, 6) is 0.720. The summed E-state index contributed by atoms with van der Waals surface area (Å²) in [5.41, 5.74) is 6.22. The summed E-state index contributed by atoms with van der Waals surface area (Å²) in [6.07, 6.45) is 4.15. The van der Waals surface area contributed by atoms with Gasteiger partial charge in [0.2, 0.25) is 11.9 Å². The van der Waals surface area contributed by atoms with Gasteiger partial charge in [-0.25, -0.2) is 4.98 Å². The minimum absolute atomic E-state index is 0.225. The summed E-state index contributed by atoms with van der Waals surface area (Å²) in [5, 5.41) is 3.34. The van der Waals surface area contributed by atoms with Crippen LogP contribution in [0.4, 0.5) is 5.95 Å².